The van der Waals surface area contributed by atoms with Crippen LogP contribution in [0.15, 0.2) is 23.4 Å². The monoisotopic (exact) mass is 381 g/mol. The van der Waals surface area contributed by atoms with Crippen molar-refractivity contribution in [1.29, 1.82) is 0 Å². The van der Waals surface area contributed by atoms with Crippen molar-refractivity contribution in [3.05, 3.63) is 23.2 Å². The summed E-state index contributed by atoms with van der Waals surface area (Å²) in [5.41, 5.74) is 0.673. The van der Waals surface area contributed by atoms with Crippen LogP contribution in [0.1, 0.15) is 6.92 Å². The highest BCUT2D eigenvalue weighted by Gasteiger charge is 2.30. The molecule has 0 aliphatic carbocycles. The summed E-state index contributed by atoms with van der Waals surface area (Å²) in [5.74, 6) is 0.821. The fraction of sp³-hybridized carbons (Fsp3) is 0.333. The van der Waals surface area contributed by atoms with Crippen molar-refractivity contribution in [2.45, 2.75) is 17.3 Å². The molecule has 1 aromatic heterocycles. The van der Waals surface area contributed by atoms with E-state index in [-0.39, 0.29) is 11.9 Å². The zero-order valence-corrected chi connectivity index (χ0v) is 15.1. The zero-order valence-electron chi connectivity index (χ0n) is 13.6. The molecule has 1 aliphatic heterocycles. The lowest BCUT2D eigenvalue weighted by atomic mass is 10.2. The van der Waals surface area contributed by atoms with Crippen molar-refractivity contribution in [3.63, 3.8) is 0 Å². The van der Waals surface area contributed by atoms with Gasteiger partial charge in [0.2, 0.25) is 11.1 Å². The summed E-state index contributed by atoms with van der Waals surface area (Å²) in [6, 6.07) is 4.82. The molecular weight excluding hydrogens is 366 g/mol. The molecule has 0 radical (unpaired) electrons. The Morgan fingerprint density at radius 3 is 2.96 bits per heavy atom. The van der Waals surface area contributed by atoms with Gasteiger partial charge in [0, 0.05) is 18.1 Å². The minimum Gasteiger partial charge on any atom is -0.496 e. The largest absolute Gasteiger partial charge is 0.496 e. The molecule has 1 unspecified atom stereocenters. The van der Waals surface area contributed by atoms with Gasteiger partial charge in [-0.3, -0.25) is 14.8 Å². The van der Waals surface area contributed by atoms with E-state index in [0.29, 0.717) is 40.4 Å². The second kappa shape index (κ2) is 7.32. The summed E-state index contributed by atoms with van der Waals surface area (Å²) >= 11 is 7.21. The molecule has 1 fully saturated rings. The predicted octanol–water partition coefficient (Wildman–Crippen LogP) is 2.17. The van der Waals surface area contributed by atoms with Gasteiger partial charge in [-0.1, -0.05) is 23.4 Å². The molecule has 0 spiro atoms. The normalized spacial score (nSPS) is 15.2. The predicted molar refractivity (Wildman–Crippen MR) is 93.8 cm³/mol. The zero-order chi connectivity index (χ0) is 18.0. The number of H-pyrrole nitrogens is 1. The van der Waals surface area contributed by atoms with Gasteiger partial charge in [0.25, 0.3) is 0 Å². The van der Waals surface area contributed by atoms with Crippen molar-refractivity contribution in [1.82, 2.24) is 25.4 Å². The van der Waals surface area contributed by atoms with E-state index in [1.54, 1.807) is 32.2 Å². The summed E-state index contributed by atoms with van der Waals surface area (Å²) in [5, 5.41) is 10.0. The highest BCUT2D eigenvalue weighted by molar-refractivity contribution is 8.00. The summed E-state index contributed by atoms with van der Waals surface area (Å²) in [7, 11) is 1.56. The highest BCUT2D eigenvalue weighted by atomic mass is 35.5. The van der Waals surface area contributed by atoms with E-state index in [2.05, 4.69) is 20.5 Å². The number of amides is 3. The number of rotatable bonds is 5. The topological polar surface area (TPSA) is 100 Å². The third-order valence-corrected chi connectivity index (χ3v) is 4.82. The number of urea groups is 1. The number of aromatic amines is 1. The maximum atomic E-state index is 12.3. The Morgan fingerprint density at radius 2 is 2.28 bits per heavy atom. The fourth-order valence-corrected chi connectivity index (χ4v) is 3.35. The number of carbonyl (C=O) groups is 2. The van der Waals surface area contributed by atoms with E-state index in [0.717, 1.165) is 0 Å². The van der Waals surface area contributed by atoms with Gasteiger partial charge in [-0.25, -0.2) is 9.78 Å². The van der Waals surface area contributed by atoms with Crippen molar-refractivity contribution in [2.75, 3.05) is 20.2 Å². The van der Waals surface area contributed by atoms with E-state index < -0.39 is 5.25 Å². The van der Waals surface area contributed by atoms with Crippen LogP contribution in [0.4, 0.5) is 4.79 Å². The SMILES string of the molecule is COc1ccc(Cl)cc1-c1nc(SC(C)C(=O)N2CCNC2=O)n[nH]1. The Morgan fingerprint density at radius 1 is 1.48 bits per heavy atom. The number of benzene rings is 1. The first-order valence-electron chi connectivity index (χ1n) is 7.51. The van der Waals surface area contributed by atoms with Crippen LogP contribution < -0.4 is 10.1 Å². The molecule has 3 rings (SSSR count). The van der Waals surface area contributed by atoms with Gasteiger partial charge in [-0.05, 0) is 25.1 Å². The molecule has 25 heavy (non-hydrogen) atoms. The van der Waals surface area contributed by atoms with E-state index in [1.165, 1.54) is 16.7 Å². The van der Waals surface area contributed by atoms with Crippen LogP contribution in [-0.2, 0) is 4.79 Å². The first-order chi connectivity index (χ1) is 12.0. The molecule has 132 valence electrons. The molecule has 2 heterocycles. The van der Waals surface area contributed by atoms with Gasteiger partial charge in [-0.2, -0.15) is 0 Å². The minimum atomic E-state index is -0.492. The van der Waals surface area contributed by atoms with E-state index in [1.807, 2.05) is 0 Å². The molecule has 2 N–H and O–H groups in total. The van der Waals surface area contributed by atoms with Crippen LogP contribution >= 0.6 is 23.4 Å². The molecule has 1 atom stereocenters. The average molecular weight is 382 g/mol. The summed E-state index contributed by atoms with van der Waals surface area (Å²) < 4.78 is 5.30. The Balaban J connectivity index is 1.75. The molecule has 0 bridgehead atoms. The molecule has 1 aliphatic rings. The number of thioether (sulfide) groups is 1. The minimum absolute atomic E-state index is 0.272. The second-order valence-corrected chi connectivity index (χ2v) is 7.04. The third kappa shape index (κ3) is 3.72. The van der Waals surface area contributed by atoms with Crippen LogP contribution in [0.25, 0.3) is 11.4 Å². The van der Waals surface area contributed by atoms with E-state index in [9.17, 15) is 9.59 Å². The summed E-state index contributed by atoms with van der Waals surface area (Å²) in [4.78, 5) is 29.5. The summed E-state index contributed by atoms with van der Waals surface area (Å²) in [6.07, 6.45) is 0. The second-order valence-electron chi connectivity index (χ2n) is 5.29. The maximum Gasteiger partial charge on any atom is 0.324 e. The first-order valence-corrected chi connectivity index (χ1v) is 8.77. The van der Waals surface area contributed by atoms with Gasteiger partial charge in [0.15, 0.2) is 5.82 Å². The molecular formula is C15H16ClN5O3S. The van der Waals surface area contributed by atoms with Crippen LogP contribution in [0.2, 0.25) is 5.02 Å². The Labute approximate surface area is 153 Å². The smallest absolute Gasteiger partial charge is 0.324 e. The van der Waals surface area contributed by atoms with Gasteiger partial charge >= 0.3 is 6.03 Å². The Bertz CT molecular complexity index is 812. The number of carbonyl (C=O) groups excluding carboxylic acids is 2. The number of ether oxygens (including phenoxy) is 1. The number of nitrogens with one attached hydrogen (secondary N) is 2. The molecule has 2 aromatic rings. The molecule has 3 amide bonds. The van der Waals surface area contributed by atoms with Crippen molar-refractivity contribution in [2.24, 2.45) is 0 Å². The van der Waals surface area contributed by atoms with Gasteiger partial charge < -0.3 is 10.1 Å². The number of halogens is 1. The quantitative estimate of drug-likeness (QED) is 0.770. The molecule has 0 saturated carbocycles. The molecule has 10 heteroatoms. The molecule has 1 saturated heterocycles. The summed E-state index contributed by atoms with van der Waals surface area (Å²) in [6.45, 7) is 2.57. The number of hydrogen-bond acceptors (Lipinski definition) is 6. The highest BCUT2D eigenvalue weighted by Crippen LogP contribution is 2.31. The van der Waals surface area contributed by atoms with Crippen LogP contribution in [0.5, 0.6) is 5.75 Å². The van der Waals surface area contributed by atoms with Crippen molar-refractivity contribution < 1.29 is 14.3 Å². The van der Waals surface area contributed by atoms with Crippen LogP contribution in [0.3, 0.4) is 0 Å². The van der Waals surface area contributed by atoms with Crippen molar-refractivity contribution >= 4 is 35.3 Å². The lowest BCUT2D eigenvalue weighted by Gasteiger charge is -2.15. The van der Waals surface area contributed by atoms with Crippen LogP contribution in [-0.4, -0.2) is 57.5 Å². The molecule has 8 nitrogen and oxygen atoms in total. The van der Waals surface area contributed by atoms with Crippen molar-refractivity contribution in [3.8, 4) is 17.1 Å². The lowest BCUT2D eigenvalue weighted by molar-refractivity contribution is -0.126. The number of hydrogen-bond donors (Lipinski definition) is 2. The van der Waals surface area contributed by atoms with E-state index in [4.69, 9.17) is 16.3 Å². The van der Waals surface area contributed by atoms with Gasteiger partial charge in [-0.15, -0.1) is 5.10 Å². The third-order valence-electron chi connectivity index (χ3n) is 3.63. The fourth-order valence-electron chi connectivity index (χ4n) is 2.39. The maximum absolute atomic E-state index is 12.3. The number of imide groups is 1. The number of nitrogens with zero attached hydrogens (tertiary/aromatic N) is 3. The standard InChI is InChI=1S/C15H16ClN5O3S/c1-8(13(22)21-6-5-17-15(21)23)25-14-18-12(19-20-14)10-7-9(16)3-4-11(10)24-2/h3-4,7-8H,5-6H2,1-2H3,(H,17,23)(H,18,19,20). The Hall–Kier alpha value is -2.26. The van der Waals surface area contributed by atoms with Gasteiger partial charge in [0.05, 0.1) is 17.9 Å². The van der Waals surface area contributed by atoms with E-state index >= 15 is 0 Å². The number of aromatic nitrogens is 3. The van der Waals surface area contributed by atoms with Crippen LogP contribution in [0, 0.1) is 0 Å². The Kier molecular flexibility index (Phi) is 5.14. The molecule has 1 aromatic carbocycles. The lowest BCUT2D eigenvalue weighted by Crippen LogP contribution is -2.38. The average Bonchev–Trinajstić information content (AvgIpc) is 3.23. The number of methoxy groups -OCH3 is 1. The first kappa shape index (κ1) is 17.6. The van der Waals surface area contributed by atoms with Gasteiger partial charge in [0.1, 0.15) is 5.75 Å².